The lowest BCUT2D eigenvalue weighted by Gasteiger charge is -2.10. The summed E-state index contributed by atoms with van der Waals surface area (Å²) in [6, 6.07) is 16.1. The normalized spacial score (nSPS) is 10.7. The Morgan fingerprint density at radius 3 is 2.25 bits per heavy atom. The Bertz CT molecular complexity index is 639. The van der Waals surface area contributed by atoms with Crippen molar-refractivity contribution < 1.29 is 9.53 Å². The van der Waals surface area contributed by atoms with Crippen LogP contribution in [-0.4, -0.2) is 37.8 Å². The highest BCUT2D eigenvalue weighted by Crippen LogP contribution is 2.20. The van der Waals surface area contributed by atoms with E-state index in [4.69, 9.17) is 4.74 Å². The third kappa shape index (κ3) is 6.26. The standard InChI is InChI=1S/C19H24N2O2S/c1-21(2)13-16-6-4-15(5-7-16)12-20-19(22)14-24-18-10-8-17(23-3)9-11-18/h4-11H,12-14H2,1-3H3,(H,20,22). The van der Waals surface area contributed by atoms with Gasteiger partial charge in [0, 0.05) is 18.0 Å². The summed E-state index contributed by atoms with van der Waals surface area (Å²) in [6.45, 7) is 1.48. The minimum atomic E-state index is 0.0354. The molecular weight excluding hydrogens is 320 g/mol. The van der Waals surface area contributed by atoms with Crippen LogP contribution < -0.4 is 10.1 Å². The predicted molar refractivity (Wildman–Crippen MR) is 99.4 cm³/mol. The maximum absolute atomic E-state index is 12.0. The Hall–Kier alpha value is -1.98. The number of nitrogens with zero attached hydrogens (tertiary/aromatic N) is 1. The highest BCUT2D eigenvalue weighted by molar-refractivity contribution is 8.00. The lowest BCUT2D eigenvalue weighted by atomic mass is 10.1. The Morgan fingerprint density at radius 2 is 1.67 bits per heavy atom. The molecule has 0 unspecified atom stereocenters. The molecule has 0 aliphatic carbocycles. The first-order valence-corrected chi connectivity index (χ1v) is 8.81. The van der Waals surface area contributed by atoms with Gasteiger partial charge in [0.05, 0.1) is 12.9 Å². The minimum absolute atomic E-state index is 0.0354. The first-order chi connectivity index (χ1) is 11.6. The van der Waals surface area contributed by atoms with E-state index in [2.05, 4.69) is 48.6 Å². The zero-order valence-corrected chi connectivity index (χ0v) is 15.2. The minimum Gasteiger partial charge on any atom is -0.497 e. The van der Waals surface area contributed by atoms with Crippen LogP contribution in [0.25, 0.3) is 0 Å². The van der Waals surface area contributed by atoms with Crippen LogP contribution in [0.1, 0.15) is 11.1 Å². The molecule has 0 saturated heterocycles. The topological polar surface area (TPSA) is 41.6 Å². The first kappa shape index (κ1) is 18.4. The monoisotopic (exact) mass is 344 g/mol. The molecule has 1 amide bonds. The van der Waals surface area contributed by atoms with Crippen LogP contribution in [0, 0.1) is 0 Å². The maximum atomic E-state index is 12.0. The van der Waals surface area contributed by atoms with Crippen LogP contribution in [-0.2, 0) is 17.9 Å². The summed E-state index contributed by atoms with van der Waals surface area (Å²) in [7, 11) is 5.74. The largest absolute Gasteiger partial charge is 0.497 e. The summed E-state index contributed by atoms with van der Waals surface area (Å²) in [5.41, 5.74) is 2.38. The Morgan fingerprint density at radius 1 is 1.04 bits per heavy atom. The molecule has 0 heterocycles. The summed E-state index contributed by atoms with van der Waals surface area (Å²) in [4.78, 5) is 15.1. The second-order valence-electron chi connectivity index (χ2n) is 5.80. The van der Waals surface area contributed by atoms with Gasteiger partial charge in [-0.05, 0) is 49.5 Å². The zero-order chi connectivity index (χ0) is 17.4. The molecule has 0 fully saturated rings. The Kier molecular flexibility index (Phi) is 7.15. The number of methoxy groups -OCH3 is 1. The molecule has 1 N–H and O–H groups in total. The molecule has 0 bridgehead atoms. The Labute approximate surface area is 148 Å². The molecule has 5 heteroatoms. The van der Waals surface area contributed by atoms with E-state index >= 15 is 0 Å². The van der Waals surface area contributed by atoms with E-state index in [9.17, 15) is 4.79 Å². The molecule has 0 aliphatic heterocycles. The van der Waals surface area contributed by atoms with Crippen molar-refractivity contribution in [2.75, 3.05) is 27.0 Å². The maximum Gasteiger partial charge on any atom is 0.230 e. The quantitative estimate of drug-likeness (QED) is 0.747. The van der Waals surface area contributed by atoms with E-state index in [1.54, 1.807) is 7.11 Å². The van der Waals surface area contributed by atoms with Crippen molar-refractivity contribution in [3.8, 4) is 5.75 Å². The van der Waals surface area contributed by atoms with Crippen molar-refractivity contribution in [2.45, 2.75) is 18.0 Å². The molecule has 2 rings (SSSR count). The molecule has 0 aliphatic rings. The van der Waals surface area contributed by atoms with Gasteiger partial charge in [-0.2, -0.15) is 0 Å². The fraction of sp³-hybridized carbons (Fsp3) is 0.316. The van der Waals surface area contributed by atoms with Crippen molar-refractivity contribution in [1.29, 1.82) is 0 Å². The molecule has 0 aromatic heterocycles. The highest BCUT2D eigenvalue weighted by atomic mass is 32.2. The molecule has 0 saturated carbocycles. The molecule has 0 atom stereocenters. The average Bonchev–Trinajstić information content (AvgIpc) is 2.59. The third-order valence-corrected chi connectivity index (χ3v) is 4.45. The van der Waals surface area contributed by atoms with E-state index in [1.165, 1.54) is 17.3 Å². The summed E-state index contributed by atoms with van der Waals surface area (Å²) in [5.74, 6) is 1.26. The van der Waals surface area contributed by atoms with Crippen LogP contribution in [0.15, 0.2) is 53.4 Å². The molecule has 0 radical (unpaired) electrons. The predicted octanol–water partition coefficient (Wildman–Crippen LogP) is 3.17. The van der Waals surface area contributed by atoms with E-state index < -0.39 is 0 Å². The van der Waals surface area contributed by atoms with Crippen LogP contribution in [0.3, 0.4) is 0 Å². The summed E-state index contributed by atoms with van der Waals surface area (Å²) in [6.07, 6.45) is 0. The number of rotatable bonds is 8. The van der Waals surface area contributed by atoms with Gasteiger partial charge < -0.3 is 15.0 Å². The molecule has 2 aromatic rings. The van der Waals surface area contributed by atoms with Gasteiger partial charge in [0.2, 0.25) is 5.91 Å². The molecule has 24 heavy (non-hydrogen) atoms. The number of nitrogens with one attached hydrogen (secondary N) is 1. The number of ether oxygens (including phenoxy) is 1. The van der Waals surface area contributed by atoms with Crippen LogP contribution in [0.2, 0.25) is 0 Å². The lowest BCUT2D eigenvalue weighted by Crippen LogP contribution is -2.24. The van der Waals surface area contributed by atoms with Crippen molar-refractivity contribution in [3.05, 3.63) is 59.7 Å². The van der Waals surface area contributed by atoms with Gasteiger partial charge in [0.1, 0.15) is 5.75 Å². The molecule has 128 valence electrons. The molecular formula is C19H24N2O2S. The number of benzene rings is 2. The second kappa shape index (κ2) is 9.35. The lowest BCUT2D eigenvalue weighted by molar-refractivity contribution is -0.118. The van der Waals surface area contributed by atoms with Crippen molar-refractivity contribution in [3.63, 3.8) is 0 Å². The van der Waals surface area contributed by atoms with E-state index in [1.807, 2.05) is 24.3 Å². The number of thioether (sulfide) groups is 1. The summed E-state index contributed by atoms with van der Waals surface area (Å²) < 4.78 is 5.12. The van der Waals surface area contributed by atoms with Crippen LogP contribution in [0.4, 0.5) is 0 Å². The average molecular weight is 344 g/mol. The van der Waals surface area contributed by atoms with Crippen molar-refractivity contribution >= 4 is 17.7 Å². The van der Waals surface area contributed by atoms with Crippen LogP contribution >= 0.6 is 11.8 Å². The van der Waals surface area contributed by atoms with Gasteiger partial charge >= 0.3 is 0 Å². The Balaban J connectivity index is 1.74. The first-order valence-electron chi connectivity index (χ1n) is 7.83. The smallest absolute Gasteiger partial charge is 0.230 e. The van der Waals surface area contributed by atoms with Gasteiger partial charge in [-0.1, -0.05) is 24.3 Å². The zero-order valence-electron chi connectivity index (χ0n) is 14.4. The number of hydrogen-bond acceptors (Lipinski definition) is 4. The van der Waals surface area contributed by atoms with E-state index in [0.717, 1.165) is 22.8 Å². The van der Waals surface area contributed by atoms with E-state index in [-0.39, 0.29) is 5.91 Å². The van der Waals surface area contributed by atoms with Gasteiger partial charge in [-0.25, -0.2) is 0 Å². The highest BCUT2D eigenvalue weighted by Gasteiger charge is 2.04. The van der Waals surface area contributed by atoms with Gasteiger partial charge in [-0.15, -0.1) is 11.8 Å². The van der Waals surface area contributed by atoms with Crippen molar-refractivity contribution in [1.82, 2.24) is 10.2 Å². The van der Waals surface area contributed by atoms with Gasteiger partial charge in [0.25, 0.3) is 0 Å². The molecule has 2 aromatic carbocycles. The van der Waals surface area contributed by atoms with Crippen molar-refractivity contribution in [2.24, 2.45) is 0 Å². The summed E-state index contributed by atoms with van der Waals surface area (Å²) >= 11 is 1.52. The molecule has 0 spiro atoms. The number of amides is 1. The number of carbonyl (C=O) groups excluding carboxylic acids is 1. The fourth-order valence-electron chi connectivity index (χ4n) is 2.20. The van der Waals surface area contributed by atoms with E-state index in [0.29, 0.717) is 12.3 Å². The number of carbonyl (C=O) groups is 1. The van der Waals surface area contributed by atoms with Crippen LogP contribution in [0.5, 0.6) is 5.75 Å². The van der Waals surface area contributed by atoms with Gasteiger partial charge in [-0.3, -0.25) is 4.79 Å². The van der Waals surface area contributed by atoms with Gasteiger partial charge in [0.15, 0.2) is 0 Å². The fourth-order valence-corrected chi connectivity index (χ4v) is 2.93. The number of hydrogen-bond donors (Lipinski definition) is 1. The SMILES string of the molecule is COc1ccc(SCC(=O)NCc2ccc(CN(C)C)cc2)cc1. The summed E-state index contributed by atoms with van der Waals surface area (Å²) in [5, 5.41) is 2.96. The third-order valence-electron chi connectivity index (χ3n) is 3.44. The molecule has 4 nitrogen and oxygen atoms in total. The second-order valence-corrected chi connectivity index (χ2v) is 6.84.